The van der Waals surface area contributed by atoms with Crippen molar-refractivity contribution in [1.82, 2.24) is 0 Å². The van der Waals surface area contributed by atoms with E-state index in [1.165, 1.54) is 38.5 Å². The Hall–Kier alpha value is -1.24. The van der Waals surface area contributed by atoms with Crippen LogP contribution in [0.5, 0.6) is 0 Å². The predicted molar refractivity (Wildman–Crippen MR) is 75.5 cm³/mol. The van der Waals surface area contributed by atoms with Crippen LogP contribution < -0.4 is 0 Å². The van der Waals surface area contributed by atoms with E-state index in [0.717, 1.165) is 0 Å². The number of benzene rings is 1. The third-order valence-corrected chi connectivity index (χ3v) is 4.61. The lowest BCUT2D eigenvalue weighted by atomic mass is 10.0. The van der Waals surface area contributed by atoms with E-state index in [0.29, 0.717) is 5.56 Å². The van der Waals surface area contributed by atoms with Crippen LogP contribution in [-0.2, 0) is 19.3 Å². The molecule has 0 N–H and O–H groups in total. The molecule has 0 atom stereocenters. The first-order valence-corrected chi connectivity index (χ1v) is 7.89. The molecule has 0 spiro atoms. The highest BCUT2D eigenvalue weighted by Gasteiger charge is 2.21. The first-order valence-electron chi connectivity index (χ1n) is 6.24. The second-order valence-electron chi connectivity index (χ2n) is 4.73. The number of hydrogen-bond donors (Lipinski definition) is 0. The zero-order chi connectivity index (χ0) is 15.3. The summed E-state index contributed by atoms with van der Waals surface area (Å²) < 4.78 is 34.1. The van der Waals surface area contributed by atoms with E-state index < -0.39 is 16.1 Å². The van der Waals surface area contributed by atoms with Crippen molar-refractivity contribution in [3.8, 4) is 0 Å². The number of methoxy groups -OCH3 is 2. The summed E-state index contributed by atoms with van der Waals surface area (Å²) in [6.07, 6.45) is -0.808. The number of sulfone groups is 1. The van der Waals surface area contributed by atoms with Crippen molar-refractivity contribution in [2.75, 3.05) is 20.0 Å². The second-order valence-corrected chi connectivity index (χ2v) is 6.76. The standard InChI is InChI=1S/C14H20O5S/c1-10(2)14(15)11-5-7-12(8-6-11)20(16,17)9-13(18-3)19-4/h5-8,10,13H,9H2,1-4H3. The molecule has 0 aliphatic heterocycles. The quantitative estimate of drug-likeness (QED) is 0.568. The van der Waals surface area contributed by atoms with Crippen molar-refractivity contribution in [2.24, 2.45) is 5.92 Å². The molecular weight excluding hydrogens is 280 g/mol. The summed E-state index contributed by atoms with van der Waals surface area (Å²) in [6.45, 7) is 3.60. The molecule has 0 saturated carbocycles. The summed E-state index contributed by atoms with van der Waals surface area (Å²) in [5.74, 6) is -0.401. The van der Waals surface area contributed by atoms with Crippen LogP contribution in [0.3, 0.4) is 0 Å². The SMILES string of the molecule is COC(CS(=O)(=O)c1ccc(C(=O)C(C)C)cc1)OC. The molecule has 20 heavy (non-hydrogen) atoms. The Balaban J connectivity index is 2.95. The van der Waals surface area contributed by atoms with E-state index >= 15 is 0 Å². The maximum Gasteiger partial charge on any atom is 0.183 e. The third kappa shape index (κ3) is 4.13. The van der Waals surface area contributed by atoms with Crippen LogP contribution in [0.25, 0.3) is 0 Å². The van der Waals surface area contributed by atoms with Crippen LogP contribution in [0.2, 0.25) is 0 Å². The summed E-state index contributed by atoms with van der Waals surface area (Å²) in [5.41, 5.74) is 0.508. The summed E-state index contributed by atoms with van der Waals surface area (Å²) in [4.78, 5) is 11.9. The van der Waals surface area contributed by atoms with Gasteiger partial charge in [0, 0.05) is 25.7 Å². The van der Waals surface area contributed by atoms with Gasteiger partial charge in [0.1, 0.15) is 5.75 Å². The Morgan fingerprint density at radius 3 is 2.00 bits per heavy atom. The van der Waals surface area contributed by atoms with Crippen LogP contribution in [0.1, 0.15) is 24.2 Å². The normalized spacial score (nSPS) is 12.1. The molecule has 112 valence electrons. The largest absolute Gasteiger partial charge is 0.355 e. The summed E-state index contributed by atoms with van der Waals surface area (Å²) >= 11 is 0. The lowest BCUT2D eigenvalue weighted by Gasteiger charge is -2.13. The van der Waals surface area contributed by atoms with Crippen molar-refractivity contribution < 1.29 is 22.7 Å². The van der Waals surface area contributed by atoms with Gasteiger partial charge < -0.3 is 9.47 Å². The van der Waals surface area contributed by atoms with Gasteiger partial charge in [0.05, 0.1) is 4.90 Å². The average Bonchev–Trinajstić information content (AvgIpc) is 2.44. The Morgan fingerprint density at radius 1 is 1.10 bits per heavy atom. The Bertz CT molecular complexity index is 541. The van der Waals surface area contributed by atoms with Crippen LogP contribution in [0, 0.1) is 5.92 Å². The predicted octanol–water partition coefficient (Wildman–Crippen LogP) is 1.92. The molecular formula is C14H20O5S. The van der Waals surface area contributed by atoms with Crippen LogP contribution in [-0.4, -0.2) is 40.5 Å². The van der Waals surface area contributed by atoms with Gasteiger partial charge in [-0.3, -0.25) is 4.79 Å². The molecule has 0 aliphatic carbocycles. The molecule has 1 rings (SSSR count). The van der Waals surface area contributed by atoms with Crippen molar-refractivity contribution >= 4 is 15.6 Å². The molecule has 5 nitrogen and oxygen atoms in total. The van der Waals surface area contributed by atoms with E-state index in [9.17, 15) is 13.2 Å². The molecule has 0 aliphatic rings. The highest BCUT2D eigenvalue weighted by Crippen LogP contribution is 2.16. The van der Waals surface area contributed by atoms with Gasteiger partial charge in [0.25, 0.3) is 0 Å². The number of ketones is 1. The van der Waals surface area contributed by atoms with E-state index in [1.54, 1.807) is 13.8 Å². The van der Waals surface area contributed by atoms with Gasteiger partial charge in [-0.05, 0) is 12.1 Å². The van der Waals surface area contributed by atoms with Crippen molar-refractivity contribution in [2.45, 2.75) is 25.0 Å². The number of hydrogen-bond acceptors (Lipinski definition) is 5. The molecule has 0 amide bonds. The zero-order valence-electron chi connectivity index (χ0n) is 12.1. The van der Waals surface area contributed by atoms with Gasteiger partial charge in [0.15, 0.2) is 21.9 Å². The Labute approximate surface area is 119 Å². The van der Waals surface area contributed by atoms with Gasteiger partial charge in [-0.2, -0.15) is 0 Å². The molecule has 0 unspecified atom stereocenters. The smallest absolute Gasteiger partial charge is 0.183 e. The molecule has 0 radical (unpaired) electrons. The molecule has 0 aromatic heterocycles. The molecule has 1 aromatic carbocycles. The minimum Gasteiger partial charge on any atom is -0.355 e. The van der Waals surface area contributed by atoms with Crippen LogP contribution in [0.4, 0.5) is 0 Å². The fourth-order valence-corrected chi connectivity index (χ4v) is 3.04. The summed E-state index contributed by atoms with van der Waals surface area (Å²) in [7, 11) is -0.742. The van der Waals surface area contributed by atoms with Crippen molar-refractivity contribution in [1.29, 1.82) is 0 Å². The maximum absolute atomic E-state index is 12.1. The number of carbonyl (C=O) groups is 1. The van der Waals surface area contributed by atoms with E-state index in [4.69, 9.17) is 9.47 Å². The maximum atomic E-state index is 12.1. The number of ether oxygens (including phenoxy) is 2. The fourth-order valence-electron chi connectivity index (χ4n) is 1.67. The number of rotatable bonds is 7. The monoisotopic (exact) mass is 300 g/mol. The topological polar surface area (TPSA) is 69.7 Å². The molecule has 0 heterocycles. The summed E-state index contributed by atoms with van der Waals surface area (Å²) in [5, 5.41) is 0. The van der Waals surface area contributed by atoms with E-state index in [-0.39, 0.29) is 22.3 Å². The van der Waals surface area contributed by atoms with Crippen LogP contribution in [0.15, 0.2) is 29.2 Å². The number of carbonyl (C=O) groups excluding carboxylic acids is 1. The second kappa shape index (κ2) is 6.97. The third-order valence-electron chi connectivity index (χ3n) is 2.90. The highest BCUT2D eigenvalue weighted by atomic mass is 32.2. The van der Waals surface area contributed by atoms with Gasteiger partial charge in [0.2, 0.25) is 0 Å². The lowest BCUT2D eigenvalue weighted by Crippen LogP contribution is -2.24. The highest BCUT2D eigenvalue weighted by molar-refractivity contribution is 7.91. The fraction of sp³-hybridized carbons (Fsp3) is 0.500. The van der Waals surface area contributed by atoms with E-state index in [1.807, 2.05) is 0 Å². The van der Waals surface area contributed by atoms with Gasteiger partial charge in [-0.25, -0.2) is 8.42 Å². The molecule has 0 fully saturated rings. The molecule has 6 heteroatoms. The van der Waals surface area contributed by atoms with Gasteiger partial charge in [-0.1, -0.05) is 26.0 Å². The Morgan fingerprint density at radius 2 is 1.60 bits per heavy atom. The molecule has 0 saturated heterocycles. The van der Waals surface area contributed by atoms with Gasteiger partial charge >= 0.3 is 0 Å². The Kier molecular flexibility index (Phi) is 5.86. The first kappa shape index (κ1) is 16.8. The average molecular weight is 300 g/mol. The summed E-state index contributed by atoms with van der Waals surface area (Å²) in [6, 6.07) is 5.94. The van der Waals surface area contributed by atoms with Crippen molar-refractivity contribution in [3.63, 3.8) is 0 Å². The zero-order valence-corrected chi connectivity index (χ0v) is 12.9. The van der Waals surface area contributed by atoms with Gasteiger partial charge in [-0.15, -0.1) is 0 Å². The first-order chi connectivity index (χ1) is 9.31. The lowest BCUT2D eigenvalue weighted by molar-refractivity contribution is -0.0851. The number of Topliss-reactive ketones (excluding diaryl/α,β-unsaturated/α-hetero) is 1. The van der Waals surface area contributed by atoms with Crippen molar-refractivity contribution in [3.05, 3.63) is 29.8 Å². The van der Waals surface area contributed by atoms with Crippen LogP contribution >= 0.6 is 0 Å². The molecule has 0 bridgehead atoms. The minimum atomic E-state index is -3.51. The molecule has 1 aromatic rings. The minimum absolute atomic E-state index is 0.0133. The van der Waals surface area contributed by atoms with E-state index in [2.05, 4.69) is 0 Å².